The standard InChI is InChI=1S/C16H26O3/c1-8-12-9(2)13(17)10(3)14(19-12)11(4)15(18)16(5,6)7/h11,15,18H,8H2,1-7H3/t11-,15-/m1/s1. The molecule has 1 N–H and O–H groups in total. The number of aryl methyl sites for hydroxylation is 1. The fraction of sp³-hybridized carbons (Fsp3) is 0.688. The highest BCUT2D eigenvalue weighted by Gasteiger charge is 2.31. The van der Waals surface area contributed by atoms with E-state index < -0.39 is 6.10 Å². The molecule has 0 amide bonds. The van der Waals surface area contributed by atoms with Crippen LogP contribution in [-0.4, -0.2) is 11.2 Å². The molecular formula is C16H26O3. The van der Waals surface area contributed by atoms with Gasteiger partial charge in [-0.05, 0) is 19.3 Å². The number of hydrogen-bond donors (Lipinski definition) is 1. The first-order valence-corrected chi connectivity index (χ1v) is 6.92. The van der Waals surface area contributed by atoms with Gasteiger partial charge in [0.25, 0.3) is 0 Å². The molecule has 2 atom stereocenters. The van der Waals surface area contributed by atoms with Crippen LogP contribution in [-0.2, 0) is 6.42 Å². The van der Waals surface area contributed by atoms with Crippen LogP contribution in [0, 0.1) is 19.3 Å². The molecule has 0 spiro atoms. The zero-order valence-electron chi connectivity index (χ0n) is 13.1. The molecule has 0 saturated carbocycles. The van der Waals surface area contributed by atoms with Crippen molar-refractivity contribution in [3.63, 3.8) is 0 Å². The van der Waals surface area contributed by atoms with E-state index >= 15 is 0 Å². The van der Waals surface area contributed by atoms with Crippen LogP contribution in [0.1, 0.15) is 63.2 Å². The van der Waals surface area contributed by atoms with Gasteiger partial charge in [-0.3, -0.25) is 4.79 Å². The van der Waals surface area contributed by atoms with Gasteiger partial charge in [-0.25, -0.2) is 0 Å². The van der Waals surface area contributed by atoms with Gasteiger partial charge in [-0.15, -0.1) is 0 Å². The third kappa shape index (κ3) is 3.08. The van der Waals surface area contributed by atoms with Crippen molar-refractivity contribution in [2.24, 2.45) is 5.41 Å². The second kappa shape index (κ2) is 5.49. The Morgan fingerprint density at radius 3 is 2.16 bits per heavy atom. The SMILES string of the molecule is CCc1oc([C@@H](C)[C@@H](O)C(C)(C)C)c(C)c(=O)c1C. The van der Waals surface area contributed by atoms with E-state index in [0.717, 1.165) is 5.76 Å². The summed E-state index contributed by atoms with van der Waals surface area (Å²) in [6.07, 6.45) is 0.133. The summed E-state index contributed by atoms with van der Waals surface area (Å²) in [5, 5.41) is 10.4. The van der Waals surface area contributed by atoms with Crippen LogP contribution in [0.15, 0.2) is 9.21 Å². The molecule has 0 aliphatic carbocycles. The molecule has 0 aliphatic heterocycles. The molecule has 0 fully saturated rings. The molecule has 108 valence electrons. The van der Waals surface area contributed by atoms with E-state index in [9.17, 15) is 9.90 Å². The lowest BCUT2D eigenvalue weighted by molar-refractivity contribution is 0.0365. The summed E-state index contributed by atoms with van der Waals surface area (Å²) in [7, 11) is 0. The fourth-order valence-electron chi connectivity index (χ4n) is 2.47. The minimum Gasteiger partial charge on any atom is -0.465 e. The monoisotopic (exact) mass is 266 g/mol. The van der Waals surface area contributed by atoms with Crippen LogP contribution in [0.4, 0.5) is 0 Å². The second-order valence-electron chi connectivity index (χ2n) is 6.42. The zero-order chi connectivity index (χ0) is 15.0. The lowest BCUT2D eigenvalue weighted by atomic mass is 9.80. The highest BCUT2D eigenvalue weighted by molar-refractivity contribution is 5.28. The Morgan fingerprint density at radius 2 is 1.74 bits per heavy atom. The van der Waals surface area contributed by atoms with E-state index in [-0.39, 0.29) is 16.8 Å². The lowest BCUT2D eigenvalue weighted by Crippen LogP contribution is -2.32. The molecule has 19 heavy (non-hydrogen) atoms. The van der Waals surface area contributed by atoms with Gasteiger partial charge in [0.2, 0.25) is 0 Å². The Labute approximate surface area is 115 Å². The Kier molecular flexibility index (Phi) is 4.62. The van der Waals surface area contributed by atoms with Crippen molar-refractivity contribution in [2.45, 2.75) is 66.9 Å². The Hall–Kier alpha value is -1.09. The van der Waals surface area contributed by atoms with E-state index in [1.54, 1.807) is 13.8 Å². The molecule has 0 bridgehead atoms. The number of hydrogen-bond acceptors (Lipinski definition) is 3. The lowest BCUT2D eigenvalue weighted by Gasteiger charge is -2.31. The molecule has 1 aromatic heterocycles. The largest absolute Gasteiger partial charge is 0.465 e. The first kappa shape index (κ1) is 16.0. The predicted octanol–water partition coefficient (Wildman–Crippen LogP) is 3.33. The summed E-state index contributed by atoms with van der Waals surface area (Å²) >= 11 is 0. The van der Waals surface area contributed by atoms with Crippen LogP contribution in [0.3, 0.4) is 0 Å². The summed E-state index contributed by atoms with van der Waals surface area (Å²) in [6, 6.07) is 0. The molecule has 1 aromatic rings. The van der Waals surface area contributed by atoms with Gasteiger partial charge in [0.15, 0.2) is 5.43 Å². The van der Waals surface area contributed by atoms with Crippen LogP contribution < -0.4 is 5.43 Å². The molecule has 3 heteroatoms. The molecule has 0 saturated heterocycles. The second-order valence-corrected chi connectivity index (χ2v) is 6.42. The first-order chi connectivity index (χ1) is 8.61. The van der Waals surface area contributed by atoms with Crippen molar-refractivity contribution < 1.29 is 9.52 Å². The van der Waals surface area contributed by atoms with Crippen molar-refractivity contribution in [1.82, 2.24) is 0 Å². The molecule has 1 rings (SSSR count). The third-order valence-corrected chi connectivity index (χ3v) is 3.80. The Morgan fingerprint density at radius 1 is 1.21 bits per heavy atom. The number of aliphatic hydroxyl groups excluding tert-OH is 1. The van der Waals surface area contributed by atoms with E-state index in [1.807, 2.05) is 34.6 Å². The molecule has 3 nitrogen and oxygen atoms in total. The third-order valence-electron chi connectivity index (χ3n) is 3.80. The van der Waals surface area contributed by atoms with Gasteiger partial charge >= 0.3 is 0 Å². The van der Waals surface area contributed by atoms with Gasteiger partial charge in [-0.1, -0.05) is 34.6 Å². The van der Waals surface area contributed by atoms with Crippen LogP contribution in [0.5, 0.6) is 0 Å². The smallest absolute Gasteiger partial charge is 0.191 e. The molecule has 0 aromatic carbocycles. The van der Waals surface area contributed by atoms with E-state index in [0.29, 0.717) is 23.3 Å². The van der Waals surface area contributed by atoms with E-state index in [4.69, 9.17) is 4.42 Å². The normalized spacial score (nSPS) is 15.4. The van der Waals surface area contributed by atoms with Crippen molar-refractivity contribution in [1.29, 1.82) is 0 Å². The average Bonchev–Trinajstić information content (AvgIpc) is 2.33. The van der Waals surface area contributed by atoms with E-state index in [2.05, 4.69) is 0 Å². The van der Waals surface area contributed by atoms with Crippen LogP contribution in [0.25, 0.3) is 0 Å². The predicted molar refractivity (Wildman–Crippen MR) is 77.7 cm³/mol. The van der Waals surface area contributed by atoms with Gasteiger partial charge in [0, 0.05) is 23.5 Å². The molecular weight excluding hydrogens is 240 g/mol. The topological polar surface area (TPSA) is 50.4 Å². The minimum absolute atomic E-state index is 0.0334. The average molecular weight is 266 g/mol. The van der Waals surface area contributed by atoms with Gasteiger partial charge < -0.3 is 9.52 Å². The highest BCUT2D eigenvalue weighted by Crippen LogP contribution is 2.33. The molecule has 0 unspecified atom stereocenters. The van der Waals surface area contributed by atoms with Gasteiger partial charge in [0.1, 0.15) is 11.5 Å². The van der Waals surface area contributed by atoms with Gasteiger partial charge in [-0.2, -0.15) is 0 Å². The Balaban J connectivity index is 3.36. The minimum atomic E-state index is -0.554. The summed E-state index contributed by atoms with van der Waals surface area (Å²) in [5.74, 6) is 1.15. The van der Waals surface area contributed by atoms with Crippen molar-refractivity contribution in [2.75, 3.05) is 0 Å². The van der Waals surface area contributed by atoms with Crippen LogP contribution >= 0.6 is 0 Å². The molecule has 0 radical (unpaired) electrons. The maximum Gasteiger partial charge on any atom is 0.191 e. The highest BCUT2D eigenvalue weighted by atomic mass is 16.3. The summed E-state index contributed by atoms with van der Waals surface area (Å²) in [6.45, 7) is 13.4. The number of aliphatic hydroxyl groups is 1. The maximum atomic E-state index is 12.2. The molecule has 1 heterocycles. The Bertz CT molecular complexity index is 506. The van der Waals surface area contributed by atoms with Gasteiger partial charge in [0.05, 0.1) is 6.10 Å². The van der Waals surface area contributed by atoms with Crippen molar-refractivity contribution in [3.8, 4) is 0 Å². The zero-order valence-corrected chi connectivity index (χ0v) is 13.1. The number of rotatable bonds is 3. The van der Waals surface area contributed by atoms with Crippen LogP contribution in [0.2, 0.25) is 0 Å². The molecule has 0 aliphatic rings. The van der Waals surface area contributed by atoms with Crippen molar-refractivity contribution >= 4 is 0 Å². The summed E-state index contributed by atoms with van der Waals surface area (Å²) < 4.78 is 5.89. The summed E-state index contributed by atoms with van der Waals surface area (Å²) in [5.41, 5.74) is 1.08. The summed E-state index contributed by atoms with van der Waals surface area (Å²) in [4.78, 5) is 12.2. The van der Waals surface area contributed by atoms with E-state index in [1.165, 1.54) is 0 Å². The maximum absolute atomic E-state index is 12.2. The quantitative estimate of drug-likeness (QED) is 0.913. The van der Waals surface area contributed by atoms with Crippen molar-refractivity contribution in [3.05, 3.63) is 32.9 Å². The fourth-order valence-corrected chi connectivity index (χ4v) is 2.47. The first-order valence-electron chi connectivity index (χ1n) is 6.92.